The van der Waals surface area contributed by atoms with Crippen LogP contribution in [0.4, 0.5) is 0 Å². The second-order valence-electron chi connectivity index (χ2n) is 5.80. The highest BCUT2D eigenvalue weighted by molar-refractivity contribution is 5.98. The Hall–Kier alpha value is -1.36. The molecule has 1 N–H and O–H groups in total. The van der Waals surface area contributed by atoms with Gasteiger partial charge in [-0.1, -0.05) is 6.07 Å². The van der Waals surface area contributed by atoms with Crippen molar-refractivity contribution in [2.45, 2.75) is 0 Å². The van der Waals surface area contributed by atoms with Gasteiger partial charge in [0.15, 0.2) is 0 Å². The molecule has 2 saturated heterocycles. The number of benzene rings is 1. The molecular formula is C16H19Cl2N3O. The monoisotopic (exact) mass is 339 g/mol. The van der Waals surface area contributed by atoms with Crippen molar-refractivity contribution >= 4 is 41.6 Å². The van der Waals surface area contributed by atoms with E-state index in [1.807, 2.05) is 35.2 Å². The molecule has 2 atom stereocenters. The summed E-state index contributed by atoms with van der Waals surface area (Å²) in [6.07, 6.45) is 1.78. The second kappa shape index (κ2) is 6.82. The Balaban J connectivity index is 0.000000882. The number of likely N-dealkylation sites (tertiary alicyclic amines) is 1. The molecule has 4 nitrogen and oxygen atoms in total. The molecule has 0 radical (unpaired) electrons. The number of aromatic nitrogens is 1. The molecule has 1 aromatic carbocycles. The molecule has 0 spiro atoms. The molecule has 3 heterocycles. The Morgan fingerprint density at radius 1 is 1.14 bits per heavy atom. The predicted octanol–water partition coefficient (Wildman–Crippen LogP) is 2.37. The van der Waals surface area contributed by atoms with Crippen LogP contribution in [0, 0.1) is 11.8 Å². The van der Waals surface area contributed by atoms with Crippen LogP contribution in [0.5, 0.6) is 0 Å². The summed E-state index contributed by atoms with van der Waals surface area (Å²) in [7, 11) is 0. The Kier molecular flexibility index (Phi) is 5.27. The highest BCUT2D eigenvalue weighted by Crippen LogP contribution is 2.27. The minimum atomic E-state index is 0. The van der Waals surface area contributed by atoms with Gasteiger partial charge in [-0.05, 0) is 36.1 Å². The minimum absolute atomic E-state index is 0. The van der Waals surface area contributed by atoms with Crippen LogP contribution in [0.2, 0.25) is 0 Å². The van der Waals surface area contributed by atoms with Crippen LogP contribution in [-0.4, -0.2) is 42.0 Å². The molecule has 118 valence electrons. The minimum Gasteiger partial charge on any atom is -0.338 e. The smallest absolute Gasteiger partial charge is 0.253 e. The van der Waals surface area contributed by atoms with Gasteiger partial charge >= 0.3 is 0 Å². The van der Waals surface area contributed by atoms with Gasteiger partial charge in [-0.15, -0.1) is 24.8 Å². The summed E-state index contributed by atoms with van der Waals surface area (Å²) in [6.45, 7) is 3.88. The predicted molar refractivity (Wildman–Crippen MR) is 92.0 cm³/mol. The van der Waals surface area contributed by atoms with E-state index in [9.17, 15) is 4.79 Å². The van der Waals surface area contributed by atoms with E-state index in [0.717, 1.165) is 42.6 Å². The van der Waals surface area contributed by atoms with Crippen LogP contribution in [-0.2, 0) is 0 Å². The number of rotatable bonds is 1. The van der Waals surface area contributed by atoms with Gasteiger partial charge in [-0.25, -0.2) is 0 Å². The molecule has 1 aromatic heterocycles. The molecule has 2 fully saturated rings. The molecule has 4 rings (SSSR count). The van der Waals surface area contributed by atoms with Crippen molar-refractivity contribution in [2.24, 2.45) is 11.8 Å². The Bertz CT molecular complexity index is 667. The van der Waals surface area contributed by atoms with Gasteiger partial charge in [0.2, 0.25) is 0 Å². The fraction of sp³-hybridized carbons (Fsp3) is 0.375. The number of hydrogen-bond donors (Lipinski definition) is 1. The average Bonchev–Trinajstić information content (AvgIpc) is 3.07. The number of fused-ring (bicyclic) bond motifs is 2. The number of carbonyl (C=O) groups is 1. The van der Waals surface area contributed by atoms with E-state index >= 15 is 0 Å². The van der Waals surface area contributed by atoms with E-state index in [2.05, 4.69) is 10.3 Å². The van der Waals surface area contributed by atoms with E-state index in [1.165, 1.54) is 0 Å². The molecule has 6 heteroatoms. The lowest BCUT2D eigenvalue weighted by Crippen LogP contribution is -2.31. The zero-order valence-electron chi connectivity index (χ0n) is 12.1. The zero-order chi connectivity index (χ0) is 13.5. The lowest BCUT2D eigenvalue weighted by atomic mass is 10.0. The summed E-state index contributed by atoms with van der Waals surface area (Å²) in [5.74, 6) is 1.44. The summed E-state index contributed by atoms with van der Waals surface area (Å²) in [5.41, 5.74) is 1.71. The molecule has 22 heavy (non-hydrogen) atoms. The van der Waals surface area contributed by atoms with E-state index in [4.69, 9.17) is 0 Å². The van der Waals surface area contributed by atoms with Gasteiger partial charge in [0.05, 0.1) is 5.52 Å². The first-order chi connectivity index (χ1) is 9.81. The first-order valence-corrected chi connectivity index (χ1v) is 7.16. The van der Waals surface area contributed by atoms with Gasteiger partial charge in [-0.3, -0.25) is 9.78 Å². The first-order valence-electron chi connectivity index (χ1n) is 7.16. The molecule has 0 unspecified atom stereocenters. The molecule has 2 aliphatic heterocycles. The van der Waals surface area contributed by atoms with Crippen LogP contribution in [0.25, 0.3) is 10.9 Å². The van der Waals surface area contributed by atoms with Gasteiger partial charge < -0.3 is 10.2 Å². The molecule has 0 aliphatic carbocycles. The Labute approximate surface area is 142 Å². The maximum Gasteiger partial charge on any atom is 0.253 e. The molecule has 0 bridgehead atoms. The van der Waals surface area contributed by atoms with Gasteiger partial charge in [0.1, 0.15) is 0 Å². The van der Waals surface area contributed by atoms with Crippen LogP contribution >= 0.6 is 24.8 Å². The van der Waals surface area contributed by atoms with Crippen molar-refractivity contribution in [2.75, 3.05) is 26.2 Å². The number of nitrogens with one attached hydrogen (secondary N) is 1. The number of pyridine rings is 1. The number of hydrogen-bond acceptors (Lipinski definition) is 3. The summed E-state index contributed by atoms with van der Waals surface area (Å²) < 4.78 is 0. The van der Waals surface area contributed by atoms with Crippen molar-refractivity contribution in [3.63, 3.8) is 0 Å². The van der Waals surface area contributed by atoms with Gasteiger partial charge in [-0.2, -0.15) is 0 Å². The third-order valence-corrected chi connectivity index (χ3v) is 4.53. The standard InChI is InChI=1S/C16H17N3O.2ClH/c20-16(19-9-13-7-17-8-14(13)10-19)12-3-4-15-11(6-12)2-1-5-18-15;;/h1-6,13-14,17H,7-10H2;2*1H/t13-,14+;;. The third-order valence-electron chi connectivity index (χ3n) is 4.53. The highest BCUT2D eigenvalue weighted by atomic mass is 35.5. The normalized spacial score (nSPS) is 22.8. The topological polar surface area (TPSA) is 45.2 Å². The van der Waals surface area contributed by atoms with Crippen molar-refractivity contribution in [1.29, 1.82) is 0 Å². The van der Waals surface area contributed by atoms with Crippen molar-refractivity contribution in [3.8, 4) is 0 Å². The lowest BCUT2D eigenvalue weighted by molar-refractivity contribution is 0.0782. The quantitative estimate of drug-likeness (QED) is 0.867. The van der Waals surface area contributed by atoms with E-state index in [1.54, 1.807) is 6.20 Å². The second-order valence-corrected chi connectivity index (χ2v) is 5.80. The fourth-order valence-electron chi connectivity index (χ4n) is 3.41. The Morgan fingerprint density at radius 3 is 2.59 bits per heavy atom. The van der Waals surface area contributed by atoms with Crippen molar-refractivity contribution in [1.82, 2.24) is 15.2 Å². The summed E-state index contributed by atoms with van der Waals surface area (Å²) in [6, 6.07) is 9.69. The maximum atomic E-state index is 12.6. The lowest BCUT2D eigenvalue weighted by Gasteiger charge is -2.17. The number of halogens is 2. The van der Waals surface area contributed by atoms with Crippen molar-refractivity contribution in [3.05, 3.63) is 42.1 Å². The van der Waals surface area contributed by atoms with Crippen LogP contribution in [0.15, 0.2) is 36.5 Å². The van der Waals surface area contributed by atoms with E-state index in [0.29, 0.717) is 11.8 Å². The molecular weight excluding hydrogens is 321 g/mol. The summed E-state index contributed by atoms with van der Waals surface area (Å²) in [5, 5.41) is 4.43. The zero-order valence-corrected chi connectivity index (χ0v) is 13.7. The highest BCUT2D eigenvalue weighted by Gasteiger charge is 2.38. The SMILES string of the molecule is Cl.Cl.O=C(c1ccc2ncccc2c1)N1C[C@H]2CNC[C@H]2C1. The van der Waals surface area contributed by atoms with Crippen LogP contribution in [0.3, 0.4) is 0 Å². The van der Waals surface area contributed by atoms with Crippen molar-refractivity contribution < 1.29 is 4.79 Å². The Morgan fingerprint density at radius 2 is 1.86 bits per heavy atom. The fourth-order valence-corrected chi connectivity index (χ4v) is 3.41. The van der Waals surface area contributed by atoms with Crippen LogP contribution in [0.1, 0.15) is 10.4 Å². The van der Waals surface area contributed by atoms with Gasteiger partial charge in [0.25, 0.3) is 5.91 Å². The van der Waals surface area contributed by atoms with E-state index < -0.39 is 0 Å². The molecule has 2 aliphatic rings. The molecule has 2 aromatic rings. The number of carbonyl (C=O) groups excluding carboxylic acids is 1. The third kappa shape index (κ3) is 2.91. The van der Waals surface area contributed by atoms with E-state index in [-0.39, 0.29) is 30.7 Å². The largest absolute Gasteiger partial charge is 0.338 e. The number of nitrogens with zero attached hydrogens (tertiary/aromatic N) is 2. The summed E-state index contributed by atoms with van der Waals surface area (Å²) >= 11 is 0. The first kappa shape index (κ1) is 17.0. The number of amides is 1. The molecule has 0 saturated carbocycles. The average molecular weight is 340 g/mol. The maximum absolute atomic E-state index is 12.6. The van der Waals surface area contributed by atoms with Crippen LogP contribution < -0.4 is 5.32 Å². The molecule has 1 amide bonds. The van der Waals surface area contributed by atoms with Gasteiger partial charge in [0, 0.05) is 43.3 Å². The summed E-state index contributed by atoms with van der Waals surface area (Å²) in [4.78, 5) is 18.9.